The number of rotatable bonds is 5. The highest BCUT2D eigenvalue weighted by Gasteiger charge is 2.20. The minimum absolute atomic E-state index is 0.182. The van der Waals surface area contributed by atoms with E-state index in [0.717, 1.165) is 24.1 Å². The number of halogens is 1. The van der Waals surface area contributed by atoms with E-state index in [2.05, 4.69) is 22.5 Å². The molecule has 1 aliphatic carbocycles. The average Bonchev–Trinajstić information content (AvgIpc) is 3.24. The van der Waals surface area contributed by atoms with Crippen molar-refractivity contribution < 1.29 is 4.79 Å². The molecule has 0 saturated heterocycles. The predicted octanol–water partition coefficient (Wildman–Crippen LogP) is 4.84. The summed E-state index contributed by atoms with van der Waals surface area (Å²) in [5.41, 5.74) is 6.53. The highest BCUT2D eigenvalue weighted by atomic mass is 35.5. The van der Waals surface area contributed by atoms with Crippen molar-refractivity contribution in [1.29, 1.82) is 0 Å². The topological polar surface area (TPSA) is 59.3 Å². The Hall–Kier alpha value is -2.44. The third-order valence-electron chi connectivity index (χ3n) is 5.20. The van der Waals surface area contributed by atoms with Gasteiger partial charge in [0.25, 0.3) is 5.91 Å². The van der Waals surface area contributed by atoms with Crippen molar-refractivity contribution in [3.05, 3.63) is 73.7 Å². The first kappa shape index (κ1) is 19.9. The zero-order chi connectivity index (χ0) is 20.4. The van der Waals surface area contributed by atoms with E-state index in [9.17, 15) is 4.79 Å². The Bertz CT molecular complexity index is 1050. The summed E-state index contributed by atoms with van der Waals surface area (Å²) >= 11 is 8.07. The SMILES string of the molecule is Cc1nn(Cc2ccccc2)c(Cl)c1C=NNC(=O)c1cc2c(s1)CCC(C)C2. The zero-order valence-corrected chi connectivity index (χ0v) is 18.1. The molecule has 0 spiro atoms. The minimum Gasteiger partial charge on any atom is -0.266 e. The Morgan fingerprint density at radius 2 is 2.21 bits per heavy atom. The highest BCUT2D eigenvalue weighted by molar-refractivity contribution is 7.14. The van der Waals surface area contributed by atoms with E-state index in [4.69, 9.17) is 11.6 Å². The van der Waals surface area contributed by atoms with E-state index < -0.39 is 0 Å². The van der Waals surface area contributed by atoms with E-state index in [0.29, 0.717) is 28.1 Å². The van der Waals surface area contributed by atoms with E-state index in [-0.39, 0.29) is 5.91 Å². The number of aryl methyl sites for hydroxylation is 2. The second-order valence-corrected chi connectivity index (χ2v) is 9.03. The minimum atomic E-state index is -0.182. The van der Waals surface area contributed by atoms with Gasteiger partial charge in [-0.3, -0.25) is 4.79 Å². The molecule has 1 unspecified atom stereocenters. The fourth-order valence-electron chi connectivity index (χ4n) is 3.60. The third-order valence-corrected chi connectivity index (χ3v) is 6.83. The molecule has 29 heavy (non-hydrogen) atoms. The summed E-state index contributed by atoms with van der Waals surface area (Å²) in [6, 6.07) is 12.0. The lowest BCUT2D eigenvalue weighted by Gasteiger charge is -2.16. The highest BCUT2D eigenvalue weighted by Crippen LogP contribution is 2.32. The third kappa shape index (κ3) is 4.43. The van der Waals surface area contributed by atoms with Crippen molar-refractivity contribution in [3.8, 4) is 0 Å². The molecule has 0 fully saturated rings. The van der Waals surface area contributed by atoms with Gasteiger partial charge in [0.1, 0.15) is 5.15 Å². The number of carbonyl (C=O) groups excluding carboxylic acids is 1. The first-order chi connectivity index (χ1) is 14.0. The van der Waals surface area contributed by atoms with Crippen LogP contribution >= 0.6 is 22.9 Å². The lowest BCUT2D eigenvalue weighted by Crippen LogP contribution is -2.16. The number of amides is 1. The van der Waals surface area contributed by atoms with Gasteiger partial charge in [-0.2, -0.15) is 10.2 Å². The number of aromatic nitrogens is 2. The standard InChI is InChI=1S/C22H23ClN4OS/c1-14-8-9-19-17(10-14)11-20(29-19)22(28)25-24-12-18-15(2)26-27(21(18)23)13-16-6-4-3-5-7-16/h3-7,11-12,14H,8-10,13H2,1-2H3,(H,25,28). The molecule has 1 N–H and O–H groups in total. The van der Waals surface area contributed by atoms with Crippen LogP contribution in [0.5, 0.6) is 0 Å². The Morgan fingerprint density at radius 3 is 3.00 bits per heavy atom. The van der Waals surface area contributed by atoms with Crippen LogP contribution in [0.25, 0.3) is 0 Å². The molecule has 4 rings (SSSR count). The Kier molecular flexibility index (Phi) is 5.83. The molecule has 150 valence electrons. The van der Waals surface area contributed by atoms with Crippen LogP contribution in [0.4, 0.5) is 0 Å². The molecule has 7 heteroatoms. The van der Waals surface area contributed by atoms with Gasteiger partial charge in [0.05, 0.1) is 28.9 Å². The van der Waals surface area contributed by atoms with Gasteiger partial charge < -0.3 is 0 Å². The maximum absolute atomic E-state index is 12.5. The lowest BCUT2D eigenvalue weighted by atomic mass is 9.90. The van der Waals surface area contributed by atoms with Gasteiger partial charge >= 0.3 is 0 Å². The fraction of sp³-hybridized carbons (Fsp3) is 0.318. The number of nitrogens with zero attached hydrogens (tertiary/aromatic N) is 3. The maximum atomic E-state index is 12.5. The van der Waals surface area contributed by atoms with Gasteiger partial charge in [0, 0.05) is 4.88 Å². The monoisotopic (exact) mass is 426 g/mol. The number of benzene rings is 1. The summed E-state index contributed by atoms with van der Waals surface area (Å²) in [6.07, 6.45) is 4.88. The molecule has 1 aliphatic rings. The van der Waals surface area contributed by atoms with Gasteiger partial charge in [-0.15, -0.1) is 11.3 Å². The number of hydrazone groups is 1. The molecule has 1 atom stereocenters. The van der Waals surface area contributed by atoms with Crippen LogP contribution in [-0.2, 0) is 19.4 Å². The number of hydrogen-bond donors (Lipinski definition) is 1. The van der Waals surface area contributed by atoms with Crippen molar-refractivity contribution in [2.24, 2.45) is 11.0 Å². The molecule has 2 aromatic heterocycles. The van der Waals surface area contributed by atoms with Crippen molar-refractivity contribution in [2.45, 2.75) is 39.7 Å². The van der Waals surface area contributed by atoms with Crippen LogP contribution in [-0.4, -0.2) is 21.9 Å². The largest absolute Gasteiger partial charge is 0.281 e. The Morgan fingerprint density at radius 1 is 1.41 bits per heavy atom. The molecule has 2 heterocycles. The molecule has 3 aromatic rings. The molecule has 1 aromatic carbocycles. The van der Waals surface area contributed by atoms with E-state index >= 15 is 0 Å². The normalized spacial score (nSPS) is 16.2. The second kappa shape index (κ2) is 8.51. The average molecular weight is 427 g/mol. The number of hydrogen-bond acceptors (Lipinski definition) is 4. The number of thiophene rings is 1. The lowest BCUT2D eigenvalue weighted by molar-refractivity contribution is 0.0959. The van der Waals surface area contributed by atoms with Gasteiger partial charge in [0.15, 0.2) is 0 Å². The summed E-state index contributed by atoms with van der Waals surface area (Å²) < 4.78 is 1.74. The van der Waals surface area contributed by atoms with Crippen molar-refractivity contribution in [3.63, 3.8) is 0 Å². The maximum Gasteiger partial charge on any atom is 0.281 e. The zero-order valence-electron chi connectivity index (χ0n) is 16.5. The fourth-order valence-corrected chi connectivity index (χ4v) is 4.98. The summed E-state index contributed by atoms with van der Waals surface area (Å²) in [5.74, 6) is 0.502. The number of nitrogens with one attached hydrogen (secondary N) is 1. The van der Waals surface area contributed by atoms with E-state index in [1.54, 1.807) is 22.2 Å². The molecule has 5 nitrogen and oxygen atoms in total. The van der Waals surface area contributed by atoms with Gasteiger partial charge in [-0.25, -0.2) is 10.1 Å². The van der Waals surface area contributed by atoms with E-state index in [1.165, 1.54) is 16.9 Å². The first-order valence-corrected chi connectivity index (χ1v) is 10.9. The molecular formula is C22H23ClN4OS. The molecule has 1 amide bonds. The van der Waals surface area contributed by atoms with Crippen LogP contribution in [0.2, 0.25) is 5.15 Å². The summed E-state index contributed by atoms with van der Waals surface area (Å²) in [5, 5.41) is 9.13. The molecule has 0 radical (unpaired) electrons. The van der Waals surface area contributed by atoms with Crippen LogP contribution in [0.15, 0.2) is 41.5 Å². The quantitative estimate of drug-likeness (QED) is 0.468. The smallest absolute Gasteiger partial charge is 0.266 e. The summed E-state index contributed by atoms with van der Waals surface area (Å²) in [6.45, 7) is 4.72. The van der Waals surface area contributed by atoms with Gasteiger partial charge in [-0.05, 0) is 49.3 Å². The van der Waals surface area contributed by atoms with Crippen molar-refractivity contribution >= 4 is 35.1 Å². The molecule has 0 saturated carbocycles. The molecular weight excluding hydrogens is 404 g/mol. The molecule has 0 aliphatic heterocycles. The van der Waals surface area contributed by atoms with E-state index in [1.807, 2.05) is 43.3 Å². The van der Waals surface area contributed by atoms with Crippen molar-refractivity contribution in [1.82, 2.24) is 15.2 Å². The number of carbonyl (C=O) groups is 1. The Balaban J connectivity index is 1.44. The van der Waals surface area contributed by atoms with Gasteiger partial charge in [0.2, 0.25) is 0 Å². The molecule has 0 bridgehead atoms. The predicted molar refractivity (Wildman–Crippen MR) is 118 cm³/mol. The Labute approximate surface area is 179 Å². The van der Waals surface area contributed by atoms with Crippen LogP contribution in [0.1, 0.15) is 50.3 Å². The van der Waals surface area contributed by atoms with Crippen molar-refractivity contribution in [2.75, 3.05) is 0 Å². The first-order valence-electron chi connectivity index (χ1n) is 9.73. The van der Waals surface area contributed by atoms with Crippen LogP contribution in [0, 0.1) is 12.8 Å². The van der Waals surface area contributed by atoms with Crippen LogP contribution < -0.4 is 5.43 Å². The number of fused-ring (bicyclic) bond motifs is 1. The van der Waals surface area contributed by atoms with Gasteiger partial charge in [-0.1, -0.05) is 48.9 Å². The summed E-state index contributed by atoms with van der Waals surface area (Å²) in [4.78, 5) is 14.5. The summed E-state index contributed by atoms with van der Waals surface area (Å²) in [7, 11) is 0. The van der Waals surface area contributed by atoms with Crippen LogP contribution in [0.3, 0.4) is 0 Å². The second-order valence-electron chi connectivity index (χ2n) is 7.54.